The van der Waals surface area contributed by atoms with E-state index in [1.54, 1.807) is 0 Å². The molecule has 1 amide bonds. The van der Waals surface area contributed by atoms with Crippen molar-refractivity contribution in [2.45, 2.75) is 12.8 Å². The third kappa shape index (κ3) is 3.08. The quantitative estimate of drug-likeness (QED) is 0.544. The highest BCUT2D eigenvalue weighted by Crippen LogP contribution is 2.44. The molecular weight excluding hydrogens is 381 g/mol. The zero-order valence-electron chi connectivity index (χ0n) is 15.0. The number of hydrogen-bond acceptors (Lipinski definition) is 3. The SMILES string of the molecule is Cc1cc(Cl)c(O)c(NC(=O)OCC2c3ccccc3-c3ccccc32)c1F. The van der Waals surface area contributed by atoms with Crippen LogP contribution in [0.1, 0.15) is 22.6 Å². The van der Waals surface area contributed by atoms with E-state index >= 15 is 0 Å². The van der Waals surface area contributed by atoms with Crippen LogP contribution in [-0.4, -0.2) is 17.8 Å². The molecule has 0 radical (unpaired) electrons. The molecule has 28 heavy (non-hydrogen) atoms. The number of carbonyl (C=O) groups excluding carboxylic acids is 1. The molecule has 0 bridgehead atoms. The van der Waals surface area contributed by atoms with Crippen LogP contribution in [0.5, 0.6) is 5.75 Å². The van der Waals surface area contributed by atoms with E-state index in [1.165, 1.54) is 13.0 Å². The summed E-state index contributed by atoms with van der Waals surface area (Å²) in [6, 6.07) is 17.2. The Morgan fingerprint density at radius 3 is 2.32 bits per heavy atom. The number of hydrogen-bond donors (Lipinski definition) is 2. The van der Waals surface area contributed by atoms with Crippen LogP contribution in [-0.2, 0) is 4.74 Å². The zero-order chi connectivity index (χ0) is 19.8. The summed E-state index contributed by atoms with van der Waals surface area (Å²) < 4.78 is 19.6. The third-order valence-electron chi connectivity index (χ3n) is 4.94. The second kappa shape index (κ2) is 7.17. The third-order valence-corrected chi connectivity index (χ3v) is 5.23. The van der Waals surface area contributed by atoms with Crippen molar-refractivity contribution in [3.8, 4) is 16.9 Å². The van der Waals surface area contributed by atoms with E-state index in [0.29, 0.717) is 0 Å². The number of ether oxygens (including phenoxy) is 1. The lowest BCUT2D eigenvalue weighted by molar-refractivity contribution is 0.158. The largest absolute Gasteiger partial charge is 0.504 e. The van der Waals surface area contributed by atoms with E-state index in [9.17, 15) is 14.3 Å². The van der Waals surface area contributed by atoms with Crippen LogP contribution < -0.4 is 5.32 Å². The Labute approximate surface area is 166 Å². The molecule has 4 nitrogen and oxygen atoms in total. The number of anilines is 1. The molecule has 0 heterocycles. The summed E-state index contributed by atoms with van der Waals surface area (Å²) in [7, 11) is 0. The lowest BCUT2D eigenvalue weighted by Gasteiger charge is -2.16. The molecule has 6 heteroatoms. The summed E-state index contributed by atoms with van der Waals surface area (Å²) in [6.07, 6.45) is -0.863. The number of nitrogens with one attached hydrogen (secondary N) is 1. The number of rotatable bonds is 3. The number of phenols is 1. The molecule has 0 unspecified atom stereocenters. The van der Waals surface area contributed by atoms with Crippen molar-refractivity contribution in [1.82, 2.24) is 0 Å². The number of fused-ring (bicyclic) bond motifs is 3. The molecule has 2 N–H and O–H groups in total. The predicted octanol–water partition coefficient (Wildman–Crippen LogP) is 5.85. The van der Waals surface area contributed by atoms with Crippen molar-refractivity contribution >= 4 is 23.4 Å². The Kier molecular flexibility index (Phi) is 4.69. The molecule has 0 atom stereocenters. The summed E-state index contributed by atoms with van der Waals surface area (Å²) in [5, 5.41) is 12.2. The lowest BCUT2D eigenvalue weighted by atomic mass is 9.98. The maximum absolute atomic E-state index is 14.2. The Hall–Kier alpha value is -3.05. The van der Waals surface area contributed by atoms with Gasteiger partial charge in [0.2, 0.25) is 0 Å². The molecule has 0 aromatic heterocycles. The van der Waals surface area contributed by atoms with Gasteiger partial charge in [-0.05, 0) is 40.8 Å². The molecular formula is C22H17ClFNO3. The Balaban J connectivity index is 1.54. The number of phenolic OH excluding ortho intramolecular Hbond substituents is 1. The number of aryl methyl sites for hydroxylation is 1. The summed E-state index contributed by atoms with van der Waals surface area (Å²) >= 11 is 5.86. The highest BCUT2D eigenvalue weighted by molar-refractivity contribution is 6.32. The van der Waals surface area contributed by atoms with Gasteiger partial charge in [-0.1, -0.05) is 60.1 Å². The highest BCUT2D eigenvalue weighted by atomic mass is 35.5. The van der Waals surface area contributed by atoms with Gasteiger partial charge in [0, 0.05) is 5.92 Å². The monoisotopic (exact) mass is 397 g/mol. The van der Waals surface area contributed by atoms with Crippen molar-refractivity contribution in [3.63, 3.8) is 0 Å². The molecule has 0 fully saturated rings. The molecule has 3 aromatic carbocycles. The fourth-order valence-corrected chi connectivity index (χ4v) is 3.85. The highest BCUT2D eigenvalue weighted by Gasteiger charge is 2.29. The van der Waals surface area contributed by atoms with Gasteiger partial charge in [-0.15, -0.1) is 0 Å². The van der Waals surface area contributed by atoms with Gasteiger partial charge in [-0.2, -0.15) is 0 Å². The Morgan fingerprint density at radius 1 is 1.14 bits per heavy atom. The van der Waals surface area contributed by atoms with Crippen molar-refractivity contribution < 1.29 is 19.0 Å². The van der Waals surface area contributed by atoms with Gasteiger partial charge >= 0.3 is 6.09 Å². The van der Waals surface area contributed by atoms with Gasteiger partial charge in [-0.3, -0.25) is 5.32 Å². The van der Waals surface area contributed by atoms with Gasteiger partial charge in [-0.25, -0.2) is 9.18 Å². The summed E-state index contributed by atoms with van der Waals surface area (Å²) in [4.78, 5) is 12.3. The van der Waals surface area contributed by atoms with E-state index in [4.69, 9.17) is 16.3 Å². The molecule has 1 aliphatic rings. The van der Waals surface area contributed by atoms with Gasteiger partial charge in [0.1, 0.15) is 12.3 Å². The van der Waals surface area contributed by atoms with Gasteiger partial charge in [0.15, 0.2) is 11.6 Å². The number of benzene rings is 3. The van der Waals surface area contributed by atoms with E-state index in [1.807, 2.05) is 48.5 Å². The molecule has 0 aliphatic heterocycles. The van der Waals surface area contributed by atoms with Gasteiger partial charge < -0.3 is 9.84 Å². The first kappa shape index (κ1) is 18.3. The van der Waals surface area contributed by atoms with Crippen molar-refractivity contribution in [2.24, 2.45) is 0 Å². The van der Waals surface area contributed by atoms with E-state index in [2.05, 4.69) is 5.32 Å². The lowest BCUT2D eigenvalue weighted by Crippen LogP contribution is -2.19. The maximum atomic E-state index is 14.2. The fraction of sp³-hybridized carbons (Fsp3) is 0.136. The maximum Gasteiger partial charge on any atom is 0.411 e. The minimum Gasteiger partial charge on any atom is -0.504 e. The standard InChI is InChI=1S/C22H17ClFNO3/c1-12-10-18(23)21(26)20(19(12)24)25-22(27)28-11-17-15-8-4-2-6-13(15)14-7-3-5-9-16(14)17/h2-10,17,26H,11H2,1H3,(H,25,27). The molecule has 1 aliphatic carbocycles. The molecule has 0 spiro atoms. The summed E-state index contributed by atoms with van der Waals surface area (Å²) in [5.74, 6) is -1.40. The normalized spacial score (nSPS) is 12.4. The summed E-state index contributed by atoms with van der Waals surface area (Å²) in [6.45, 7) is 1.57. The van der Waals surface area contributed by atoms with Crippen LogP contribution in [0.25, 0.3) is 11.1 Å². The average Bonchev–Trinajstić information content (AvgIpc) is 3.02. The van der Waals surface area contributed by atoms with Crippen LogP contribution in [0.4, 0.5) is 14.9 Å². The van der Waals surface area contributed by atoms with E-state index in [0.717, 1.165) is 22.3 Å². The first-order valence-corrected chi connectivity index (χ1v) is 9.14. The van der Waals surface area contributed by atoms with Gasteiger partial charge in [0.25, 0.3) is 0 Å². The van der Waals surface area contributed by atoms with Crippen LogP contribution in [0.2, 0.25) is 5.02 Å². The molecule has 0 saturated heterocycles. The minimum atomic E-state index is -0.863. The zero-order valence-corrected chi connectivity index (χ0v) is 15.8. The van der Waals surface area contributed by atoms with E-state index in [-0.39, 0.29) is 28.8 Å². The molecule has 142 valence electrons. The van der Waals surface area contributed by atoms with Crippen LogP contribution >= 0.6 is 11.6 Å². The first-order chi connectivity index (χ1) is 13.5. The summed E-state index contributed by atoms with van der Waals surface area (Å²) in [5.41, 5.74) is 4.19. The van der Waals surface area contributed by atoms with Crippen LogP contribution in [0.15, 0.2) is 54.6 Å². The van der Waals surface area contributed by atoms with E-state index < -0.39 is 17.7 Å². The van der Waals surface area contributed by atoms with Crippen LogP contribution in [0, 0.1) is 12.7 Å². The second-order valence-electron chi connectivity index (χ2n) is 6.66. The van der Waals surface area contributed by atoms with Crippen molar-refractivity contribution in [1.29, 1.82) is 0 Å². The molecule has 4 rings (SSSR count). The number of halogens is 2. The second-order valence-corrected chi connectivity index (χ2v) is 7.07. The Bertz CT molecular complexity index is 1010. The smallest absolute Gasteiger partial charge is 0.411 e. The topological polar surface area (TPSA) is 58.6 Å². The minimum absolute atomic E-state index is 0.0483. The molecule has 0 saturated carbocycles. The van der Waals surface area contributed by atoms with Gasteiger partial charge in [0.05, 0.1) is 5.02 Å². The molecule has 3 aromatic rings. The average molecular weight is 398 g/mol. The number of aromatic hydroxyl groups is 1. The predicted molar refractivity (Wildman–Crippen MR) is 107 cm³/mol. The van der Waals surface area contributed by atoms with Crippen molar-refractivity contribution in [3.05, 3.63) is 82.1 Å². The Morgan fingerprint density at radius 2 is 1.71 bits per heavy atom. The first-order valence-electron chi connectivity index (χ1n) is 8.77. The fourth-order valence-electron chi connectivity index (χ4n) is 3.59. The van der Waals surface area contributed by atoms with Crippen LogP contribution in [0.3, 0.4) is 0 Å². The van der Waals surface area contributed by atoms with Crippen molar-refractivity contribution in [2.75, 3.05) is 11.9 Å². The number of amides is 1. The number of carbonyl (C=O) groups is 1.